The van der Waals surface area contributed by atoms with Crippen molar-refractivity contribution in [1.29, 1.82) is 0 Å². The van der Waals surface area contributed by atoms with E-state index < -0.39 is 0 Å². The molecule has 1 N–H and O–H groups in total. The van der Waals surface area contributed by atoms with E-state index in [0.717, 1.165) is 62.2 Å². The van der Waals surface area contributed by atoms with Crippen LogP contribution < -0.4 is 10.1 Å². The van der Waals surface area contributed by atoms with Gasteiger partial charge in [0.15, 0.2) is 0 Å². The smallest absolute Gasteiger partial charge is 0.253 e. The van der Waals surface area contributed by atoms with Crippen molar-refractivity contribution in [1.82, 2.24) is 10.2 Å². The predicted molar refractivity (Wildman–Crippen MR) is 82.6 cm³/mol. The molecule has 1 aromatic rings. The predicted octanol–water partition coefficient (Wildman–Crippen LogP) is 2.16. The highest BCUT2D eigenvalue weighted by atomic mass is 16.5. The molecule has 21 heavy (non-hydrogen) atoms. The van der Waals surface area contributed by atoms with Gasteiger partial charge in [0.05, 0.1) is 6.61 Å². The summed E-state index contributed by atoms with van der Waals surface area (Å²) >= 11 is 0. The first-order chi connectivity index (χ1) is 10.3. The SMILES string of the molecule is CCOc1ccc(C(=O)N2CC[C@@H]3CNC[C@@H]3CC2)cc1. The minimum atomic E-state index is 0.158. The minimum absolute atomic E-state index is 0.158. The van der Waals surface area contributed by atoms with Crippen molar-refractivity contribution >= 4 is 5.91 Å². The molecule has 0 aromatic heterocycles. The maximum atomic E-state index is 12.6. The summed E-state index contributed by atoms with van der Waals surface area (Å²) in [5.41, 5.74) is 0.767. The molecule has 4 nitrogen and oxygen atoms in total. The van der Waals surface area contributed by atoms with Gasteiger partial charge in [0.25, 0.3) is 5.91 Å². The highest BCUT2D eigenvalue weighted by Gasteiger charge is 2.31. The zero-order chi connectivity index (χ0) is 14.7. The lowest BCUT2D eigenvalue weighted by Crippen LogP contribution is -2.32. The van der Waals surface area contributed by atoms with Crippen molar-refractivity contribution in [3.05, 3.63) is 29.8 Å². The number of fused-ring (bicyclic) bond motifs is 1. The third kappa shape index (κ3) is 3.21. The molecule has 4 heteroatoms. The fourth-order valence-corrected chi connectivity index (χ4v) is 3.46. The van der Waals surface area contributed by atoms with Crippen molar-refractivity contribution in [2.75, 3.05) is 32.8 Å². The highest BCUT2D eigenvalue weighted by molar-refractivity contribution is 5.94. The van der Waals surface area contributed by atoms with Crippen LogP contribution in [0.4, 0.5) is 0 Å². The molecule has 2 atom stereocenters. The van der Waals surface area contributed by atoms with Gasteiger partial charge in [0.1, 0.15) is 5.75 Å². The van der Waals surface area contributed by atoms with Crippen LogP contribution in [0.3, 0.4) is 0 Å². The average Bonchev–Trinajstić information content (AvgIpc) is 2.86. The zero-order valence-corrected chi connectivity index (χ0v) is 12.7. The van der Waals surface area contributed by atoms with Crippen LogP contribution in [0, 0.1) is 11.8 Å². The van der Waals surface area contributed by atoms with Gasteiger partial charge in [0, 0.05) is 18.7 Å². The monoisotopic (exact) mass is 288 g/mol. The molecule has 2 fully saturated rings. The molecule has 0 bridgehead atoms. The number of hydrogen-bond acceptors (Lipinski definition) is 3. The topological polar surface area (TPSA) is 41.6 Å². The van der Waals surface area contributed by atoms with Crippen LogP contribution in [0.25, 0.3) is 0 Å². The van der Waals surface area contributed by atoms with Gasteiger partial charge in [-0.15, -0.1) is 0 Å². The molecule has 2 aliphatic rings. The van der Waals surface area contributed by atoms with Crippen LogP contribution in [0.1, 0.15) is 30.1 Å². The molecular formula is C17H24N2O2. The Morgan fingerprint density at radius 3 is 2.38 bits per heavy atom. The van der Waals surface area contributed by atoms with Crippen LogP contribution in [-0.4, -0.2) is 43.6 Å². The van der Waals surface area contributed by atoms with Crippen LogP contribution in [-0.2, 0) is 0 Å². The zero-order valence-electron chi connectivity index (χ0n) is 12.7. The van der Waals surface area contributed by atoms with Crippen LogP contribution in [0.2, 0.25) is 0 Å². The summed E-state index contributed by atoms with van der Waals surface area (Å²) in [5.74, 6) is 2.49. The summed E-state index contributed by atoms with van der Waals surface area (Å²) < 4.78 is 5.42. The number of amides is 1. The fourth-order valence-electron chi connectivity index (χ4n) is 3.46. The van der Waals surface area contributed by atoms with Crippen LogP contribution >= 0.6 is 0 Å². The van der Waals surface area contributed by atoms with Gasteiger partial charge < -0.3 is 15.0 Å². The Morgan fingerprint density at radius 2 is 1.81 bits per heavy atom. The number of carbonyl (C=O) groups is 1. The number of ether oxygens (including phenoxy) is 1. The van der Waals surface area contributed by atoms with Crippen LogP contribution in [0.15, 0.2) is 24.3 Å². The van der Waals surface area contributed by atoms with E-state index in [1.54, 1.807) is 0 Å². The standard InChI is InChI=1S/C17H24N2O2/c1-2-21-16-5-3-13(4-6-16)17(20)19-9-7-14-11-18-12-15(14)8-10-19/h3-6,14-15,18H,2,7-12H2,1H3/t14-,15+. The van der Waals surface area contributed by atoms with Crippen LogP contribution in [0.5, 0.6) is 5.75 Å². The Balaban J connectivity index is 1.64. The lowest BCUT2D eigenvalue weighted by Gasteiger charge is -2.21. The largest absolute Gasteiger partial charge is 0.494 e. The molecule has 0 radical (unpaired) electrons. The van der Waals surface area contributed by atoms with E-state index in [-0.39, 0.29) is 5.91 Å². The van der Waals surface area contributed by atoms with E-state index in [1.807, 2.05) is 36.1 Å². The minimum Gasteiger partial charge on any atom is -0.494 e. The maximum absolute atomic E-state index is 12.6. The first kappa shape index (κ1) is 14.4. The lowest BCUT2D eigenvalue weighted by molar-refractivity contribution is 0.0758. The van der Waals surface area contributed by atoms with E-state index >= 15 is 0 Å². The first-order valence-corrected chi connectivity index (χ1v) is 8.00. The Morgan fingerprint density at radius 1 is 1.19 bits per heavy atom. The second kappa shape index (κ2) is 6.48. The molecule has 114 valence electrons. The molecule has 2 saturated heterocycles. The first-order valence-electron chi connectivity index (χ1n) is 8.00. The lowest BCUT2D eigenvalue weighted by atomic mass is 9.92. The summed E-state index contributed by atoms with van der Waals surface area (Å²) in [4.78, 5) is 14.6. The molecule has 3 rings (SSSR count). The molecule has 1 amide bonds. The molecule has 1 aromatic carbocycles. The number of hydrogen-bond donors (Lipinski definition) is 1. The maximum Gasteiger partial charge on any atom is 0.253 e. The summed E-state index contributed by atoms with van der Waals surface area (Å²) in [5, 5.41) is 3.47. The van der Waals surface area contributed by atoms with Crippen molar-refractivity contribution in [2.45, 2.75) is 19.8 Å². The van der Waals surface area contributed by atoms with Gasteiger partial charge in [0.2, 0.25) is 0 Å². The number of nitrogens with zero attached hydrogens (tertiary/aromatic N) is 1. The van der Waals surface area contributed by atoms with Gasteiger partial charge in [-0.1, -0.05) is 0 Å². The third-order valence-electron chi connectivity index (χ3n) is 4.72. The van der Waals surface area contributed by atoms with E-state index in [0.29, 0.717) is 6.61 Å². The molecule has 2 heterocycles. The number of benzene rings is 1. The highest BCUT2D eigenvalue weighted by Crippen LogP contribution is 2.27. The molecule has 2 aliphatic heterocycles. The quantitative estimate of drug-likeness (QED) is 0.926. The van der Waals surface area contributed by atoms with E-state index in [1.165, 1.54) is 0 Å². The van der Waals surface area contributed by atoms with E-state index in [9.17, 15) is 4.79 Å². The third-order valence-corrected chi connectivity index (χ3v) is 4.72. The Hall–Kier alpha value is -1.55. The second-order valence-corrected chi connectivity index (χ2v) is 6.01. The van der Waals surface area contributed by atoms with Crippen molar-refractivity contribution in [2.24, 2.45) is 11.8 Å². The van der Waals surface area contributed by atoms with E-state index in [2.05, 4.69) is 5.32 Å². The van der Waals surface area contributed by atoms with Gasteiger partial charge in [-0.25, -0.2) is 0 Å². The number of rotatable bonds is 3. The fraction of sp³-hybridized carbons (Fsp3) is 0.588. The summed E-state index contributed by atoms with van der Waals surface area (Å²) in [7, 11) is 0. The average molecular weight is 288 g/mol. The molecule has 0 aliphatic carbocycles. The van der Waals surface area contributed by atoms with Gasteiger partial charge in [-0.05, 0) is 69.0 Å². The van der Waals surface area contributed by atoms with E-state index in [4.69, 9.17) is 4.74 Å². The van der Waals surface area contributed by atoms with Crippen molar-refractivity contribution in [3.63, 3.8) is 0 Å². The molecule has 0 saturated carbocycles. The van der Waals surface area contributed by atoms with Crippen molar-refractivity contribution < 1.29 is 9.53 Å². The molecule has 0 spiro atoms. The van der Waals surface area contributed by atoms with Crippen molar-refractivity contribution in [3.8, 4) is 5.75 Å². The number of nitrogens with one attached hydrogen (secondary N) is 1. The Kier molecular flexibility index (Phi) is 4.44. The van der Waals surface area contributed by atoms with Gasteiger partial charge >= 0.3 is 0 Å². The van der Waals surface area contributed by atoms with Gasteiger partial charge in [-0.2, -0.15) is 0 Å². The number of carbonyl (C=O) groups excluding carboxylic acids is 1. The Labute approximate surface area is 126 Å². The molecular weight excluding hydrogens is 264 g/mol. The summed E-state index contributed by atoms with van der Waals surface area (Å²) in [6.45, 7) is 6.62. The number of likely N-dealkylation sites (tertiary alicyclic amines) is 1. The summed E-state index contributed by atoms with van der Waals surface area (Å²) in [6, 6.07) is 7.52. The summed E-state index contributed by atoms with van der Waals surface area (Å²) in [6.07, 6.45) is 2.25. The molecule has 0 unspecified atom stereocenters. The normalized spacial score (nSPS) is 25.3. The Bertz CT molecular complexity index is 472. The van der Waals surface area contributed by atoms with Gasteiger partial charge in [-0.3, -0.25) is 4.79 Å². The second-order valence-electron chi connectivity index (χ2n) is 6.01.